The van der Waals surface area contributed by atoms with Crippen LogP contribution in [0.4, 0.5) is 0 Å². The third-order valence-corrected chi connectivity index (χ3v) is 12.4. The summed E-state index contributed by atoms with van der Waals surface area (Å²) in [5.41, 5.74) is 13.4. The maximum atomic E-state index is 6.30. The monoisotopic (exact) mass is 805 g/mol. The predicted molar refractivity (Wildman–Crippen MR) is 258 cm³/mol. The standard InChI is InChI=1S/C57H35N5O/c1-3-13-36(14-4-1)37-23-25-38(26-24-37)55-58-56(60-57(59-55)40-29-32-46-45-19-9-12-22-53(45)63-54(46)33-40)39-27-30-42(31-28-39)62-50-21-11-8-18-44(50)48-34-47-43-17-7-10-20-49(43)61(51(47)35-52(48)62)41-15-5-2-6-16-41/h1-35H. The van der Waals surface area contributed by atoms with Crippen LogP contribution < -0.4 is 0 Å². The molecule has 0 saturated carbocycles. The number of nitrogens with zero attached hydrogens (tertiary/aromatic N) is 5. The second kappa shape index (κ2) is 14.0. The summed E-state index contributed by atoms with van der Waals surface area (Å²) in [6, 6.07) is 74.5. The van der Waals surface area contributed by atoms with E-state index in [0.29, 0.717) is 17.5 Å². The molecule has 0 unspecified atom stereocenters. The van der Waals surface area contributed by atoms with Gasteiger partial charge in [-0.3, -0.25) is 0 Å². The van der Waals surface area contributed by atoms with E-state index in [-0.39, 0.29) is 0 Å². The molecule has 13 aromatic rings. The number of hydrogen-bond acceptors (Lipinski definition) is 4. The molecule has 0 radical (unpaired) electrons. The molecule has 294 valence electrons. The zero-order chi connectivity index (χ0) is 41.4. The fourth-order valence-corrected chi connectivity index (χ4v) is 9.39. The molecule has 6 nitrogen and oxygen atoms in total. The number of benzene rings is 9. The number of rotatable bonds is 6. The van der Waals surface area contributed by atoms with Crippen LogP contribution in [0.3, 0.4) is 0 Å². The molecule has 0 amide bonds. The third kappa shape index (κ3) is 5.69. The van der Waals surface area contributed by atoms with Gasteiger partial charge in [0.15, 0.2) is 17.5 Å². The lowest BCUT2D eigenvalue weighted by molar-refractivity contribution is 0.669. The number of fused-ring (bicyclic) bond motifs is 9. The summed E-state index contributed by atoms with van der Waals surface area (Å²) in [6.07, 6.45) is 0. The highest BCUT2D eigenvalue weighted by Gasteiger charge is 2.20. The summed E-state index contributed by atoms with van der Waals surface area (Å²) < 4.78 is 11.1. The lowest BCUT2D eigenvalue weighted by atomic mass is 10.0. The molecule has 6 heteroatoms. The Morgan fingerprint density at radius 1 is 0.270 bits per heavy atom. The van der Waals surface area contributed by atoms with Gasteiger partial charge in [-0.1, -0.05) is 133 Å². The van der Waals surface area contributed by atoms with Crippen LogP contribution in [0.15, 0.2) is 217 Å². The minimum absolute atomic E-state index is 0.578. The van der Waals surface area contributed by atoms with Crippen molar-refractivity contribution < 1.29 is 4.42 Å². The van der Waals surface area contributed by atoms with E-state index >= 15 is 0 Å². The number of furan rings is 1. The van der Waals surface area contributed by atoms with Gasteiger partial charge in [-0.2, -0.15) is 0 Å². The third-order valence-electron chi connectivity index (χ3n) is 12.4. The van der Waals surface area contributed by atoms with E-state index in [1.165, 1.54) is 32.6 Å². The van der Waals surface area contributed by atoms with Gasteiger partial charge in [-0.15, -0.1) is 0 Å². The van der Waals surface area contributed by atoms with Crippen molar-refractivity contribution in [1.29, 1.82) is 0 Å². The first-order chi connectivity index (χ1) is 31.2. The summed E-state index contributed by atoms with van der Waals surface area (Å²) in [5, 5.41) is 7.03. The van der Waals surface area contributed by atoms with E-state index in [9.17, 15) is 0 Å². The first-order valence-corrected chi connectivity index (χ1v) is 21.2. The van der Waals surface area contributed by atoms with E-state index in [0.717, 1.165) is 72.2 Å². The summed E-state index contributed by atoms with van der Waals surface area (Å²) in [5.74, 6) is 1.77. The zero-order valence-corrected chi connectivity index (χ0v) is 33.9. The molecule has 9 aromatic carbocycles. The average Bonchev–Trinajstić information content (AvgIpc) is 4.01. The Kier molecular flexibility index (Phi) is 7.80. The van der Waals surface area contributed by atoms with Crippen LogP contribution in [0.25, 0.3) is 122 Å². The van der Waals surface area contributed by atoms with Gasteiger partial charge in [0.1, 0.15) is 11.2 Å². The van der Waals surface area contributed by atoms with Crippen molar-refractivity contribution >= 4 is 65.6 Å². The van der Waals surface area contributed by atoms with Gasteiger partial charge in [0.25, 0.3) is 0 Å². The van der Waals surface area contributed by atoms with Crippen LogP contribution in [-0.2, 0) is 0 Å². The van der Waals surface area contributed by atoms with E-state index in [2.05, 4.69) is 191 Å². The Morgan fingerprint density at radius 3 is 1.35 bits per heavy atom. The largest absolute Gasteiger partial charge is 0.456 e. The highest BCUT2D eigenvalue weighted by molar-refractivity contribution is 6.19. The molecule has 0 saturated heterocycles. The molecule has 0 N–H and O–H groups in total. The lowest BCUT2D eigenvalue weighted by Gasteiger charge is -2.12. The van der Waals surface area contributed by atoms with Crippen molar-refractivity contribution in [2.24, 2.45) is 0 Å². The van der Waals surface area contributed by atoms with Crippen LogP contribution in [-0.4, -0.2) is 24.1 Å². The SMILES string of the molecule is c1ccc(-c2ccc(-c3nc(-c4ccc(-n5c6ccccc6c6cc7c8ccccc8n(-c8ccccc8)c7cc65)cc4)nc(-c4ccc5c(c4)oc4ccccc45)n3)cc2)cc1. The first kappa shape index (κ1) is 35.2. The van der Waals surface area contributed by atoms with Gasteiger partial charge in [0.2, 0.25) is 0 Å². The highest BCUT2D eigenvalue weighted by Crippen LogP contribution is 2.40. The summed E-state index contributed by atoms with van der Waals surface area (Å²) in [6.45, 7) is 0. The molecule has 0 bridgehead atoms. The Balaban J connectivity index is 0.962. The normalized spacial score (nSPS) is 11.8. The zero-order valence-electron chi connectivity index (χ0n) is 33.9. The summed E-state index contributed by atoms with van der Waals surface area (Å²) in [7, 11) is 0. The lowest BCUT2D eigenvalue weighted by Crippen LogP contribution is -2.00. The van der Waals surface area contributed by atoms with Gasteiger partial charge < -0.3 is 13.6 Å². The minimum atomic E-state index is 0.578. The van der Waals surface area contributed by atoms with Crippen LogP contribution in [0.1, 0.15) is 0 Å². The molecule has 0 aliphatic rings. The van der Waals surface area contributed by atoms with E-state index in [1.54, 1.807) is 0 Å². The van der Waals surface area contributed by atoms with Crippen molar-refractivity contribution in [2.45, 2.75) is 0 Å². The second-order valence-corrected chi connectivity index (χ2v) is 16.0. The van der Waals surface area contributed by atoms with Gasteiger partial charge in [0, 0.05) is 60.4 Å². The molecule has 0 fully saturated rings. The van der Waals surface area contributed by atoms with Crippen molar-refractivity contribution in [2.75, 3.05) is 0 Å². The van der Waals surface area contributed by atoms with Crippen LogP contribution in [0, 0.1) is 0 Å². The van der Waals surface area contributed by atoms with Crippen molar-refractivity contribution in [1.82, 2.24) is 24.1 Å². The molecular weight excluding hydrogens is 771 g/mol. The van der Waals surface area contributed by atoms with Crippen molar-refractivity contribution in [3.8, 4) is 56.7 Å². The van der Waals surface area contributed by atoms with E-state index in [4.69, 9.17) is 19.4 Å². The second-order valence-electron chi connectivity index (χ2n) is 16.0. The number of para-hydroxylation sites is 4. The summed E-state index contributed by atoms with van der Waals surface area (Å²) >= 11 is 0. The van der Waals surface area contributed by atoms with Gasteiger partial charge >= 0.3 is 0 Å². The molecule has 4 heterocycles. The molecule has 0 aliphatic carbocycles. The minimum Gasteiger partial charge on any atom is -0.456 e. The number of aromatic nitrogens is 5. The van der Waals surface area contributed by atoms with Crippen LogP contribution >= 0.6 is 0 Å². The average molecular weight is 806 g/mol. The molecule has 63 heavy (non-hydrogen) atoms. The van der Waals surface area contributed by atoms with Gasteiger partial charge in [-0.25, -0.2) is 15.0 Å². The quantitative estimate of drug-likeness (QED) is 0.168. The molecule has 13 rings (SSSR count). The molecule has 4 aromatic heterocycles. The maximum absolute atomic E-state index is 6.30. The van der Waals surface area contributed by atoms with Crippen molar-refractivity contribution in [3.63, 3.8) is 0 Å². The van der Waals surface area contributed by atoms with Crippen LogP contribution in [0.5, 0.6) is 0 Å². The Bertz CT molecular complexity index is 3880. The Labute approximate surface area is 361 Å². The van der Waals surface area contributed by atoms with Gasteiger partial charge in [-0.05, 0) is 90.0 Å². The number of hydrogen-bond donors (Lipinski definition) is 0. The maximum Gasteiger partial charge on any atom is 0.164 e. The van der Waals surface area contributed by atoms with Crippen molar-refractivity contribution in [3.05, 3.63) is 212 Å². The molecular formula is C57H35N5O. The predicted octanol–water partition coefficient (Wildman–Crippen LogP) is 14.6. The van der Waals surface area contributed by atoms with Gasteiger partial charge in [0.05, 0.1) is 22.1 Å². The Hall–Kier alpha value is -8.61. The topological polar surface area (TPSA) is 61.7 Å². The fraction of sp³-hybridized carbons (Fsp3) is 0. The smallest absolute Gasteiger partial charge is 0.164 e. The fourth-order valence-electron chi connectivity index (χ4n) is 9.39. The van der Waals surface area contributed by atoms with Crippen LogP contribution in [0.2, 0.25) is 0 Å². The highest BCUT2D eigenvalue weighted by atomic mass is 16.3. The molecule has 0 atom stereocenters. The molecule has 0 aliphatic heterocycles. The molecule has 0 spiro atoms. The summed E-state index contributed by atoms with van der Waals surface area (Å²) in [4.78, 5) is 15.4. The first-order valence-electron chi connectivity index (χ1n) is 21.2. The Morgan fingerprint density at radius 2 is 0.714 bits per heavy atom. The van der Waals surface area contributed by atoms with E-state index in [1.807, 2.05) is 30.3 Å². The van der Waals surface area contributed by atoms with E-state index < -0.39 is 0 Å².